The topological polar surface area (TPSA) is 129 Å². The fourth-order valence-electron chi connectivity index (χ4n) is 5.80. The molecule has 2 aliphatic rings. The Kier molecular flexibility index (Phi) is 6.00. The number of nitrogens with two attached hydrogens (primary N) is 1. The quantitative estimate of drug-likeness (QED) is 0.291. The number of nitriles is 1. The molecule has 1 atom stereocenters. The van der Waals surface area contributed by atoms with Crippen molar-refractivity contribution < 1.29 is 18.0 Å². The Morgan fingerprint density at radius 3 is 2.73 bits per heavy atom. The predicted octanol–water partition coefficient (Wildman–Crippen LogP) is 5.15. The van der Waals surface area contributed by atoms with E-state index in [-0.39, 0.29) is 51.8 Å². The summed E-state index contributed by atoms with van der Waals surface area (Å²) in [4.78, 5) is 13.7. The molecule has 1 fully saturated rings. The lowest BCUT2D eigenvalue weighted by molar-refractivity contribution is 0.135. The van der Waals surface area contributed by atoms with E-state index in [0.717, 1.165) is 17.8 Å². The molecule has 5 heterocycles. The van der Waals surface area contributed by atoms with Crippen LogP contribution in [0.4, 0.5) is 31.2 Å². The third kappa shape index (κ3) is 3.98. The first kappa shape index (κ1) is 25.6. The van der Waals surface area contributed by atoms with E-state index < -0.39 is 11.6 Å². The molecule has 13 heteroatoms. The van der Waals surface area contributed by atoms with Gasteiger partial charge in [-0.2, -0.15) is 10.2 Å². The molecule has 0 unspecified atom stereocenters. The zero-order chi connectivity index (χ0) is 28.4. The summed E-state index contributed by atoms with van der Waals surface area (Å²) >= 11 is 1.16. The number of nitrogen functional groups attached to an aromatic ring is 1. The Morgan fingerprint density at radius 1 is 1.17 bits per heavy atom. The van der Waals surface area contributed by atoms with Crippen molar-refractivity contribution in [3.63, 3.8) is 0 Å². The normalized spacial score (nSPS) is 16.7. The molecule has 208 valence electrons. The van der Waals surface area contributed by atoms with E-state index in [2.05, 4.69) is 21.4 Å². The Balaban J connectivity index is 1.53. The molecule has 0 amide bonds. The first-order valence-electron chi connectivity index (χ1n) is 13.0. The standard InChI is InChI=1S/C28H24F2N8O2S/c1-37(2)14-5-6-38(9-14)28-35-25-22(27(36-28)34-13-8-33-40-10-13)17-12-39-11-16(17)21(24(25)30)23-18(29)3-4-19-20(23)15(7-31)26(32)41-19/h3-4,8,10,14H,5-6,9,11-12,32H2,1-2H3,(H,34,35,36)/t14-/m0/s1. The van der Waals surface area contributed by atoms with Gasteiger partial charge in [0.1, 0.15) is 40.2 Å². The van der Waals surface area contributed by atoms with E-state index in [1.54, 1.807) is 6.07 Å². The summed E-state index contributed by atoms with van der Waals surface area (Å²) in [5, 5.41) is 17.8. The van der Waals surface area contributed by atoms with Crippen LogP contribution >= 0.6 is 11.3 Å². The van der Waals surface area contributed by atoms with Crippen molar-refractivity contribution in [3.8, 4) is 17.2 Å². The molecule has 3 aromatic heterocycles. The summed E-state index contributed by atoms with van der Waals surface area (Å²) < 4.78 is 44.1. The van der Waals surface area contributed by atoms with Gasteiger partial charge in [0, 0.05) is 40.3 Å². The van der Waals surface area contributed by atoms with E-state index in [1.165, 1.54) is 18.5 Å². The zero-order valence-corrected chi connectivity index (χ0v) is 23.0. The van der Waals surface area contributed by atoms with Crippen molar-refractivity contribution in [2.45, 2.75) is 25.7 Å². The first-order chi connectivity index (χ1) is 19.9. The van der Waals surface area contributed by atoms with Gasteiger partial charge in [0.15, 0.2) is 5.82 Å². The van der Waals surface area contributed by atoms with Gasteiger partial charge in [-0.05, 0) is 43.8 Å². The molecule has 1 saturated heterocycles. The van der Waals surface area contributed by atoms with Gasteiger partial charge in [0.25, 0.3) is 0 Å². The molecular formula is C28H24F2N8O2S. The summed E-state index contributed by atoms with van der Waals surface area (Å²) in [6, 6.07) is 5.20. The Hall–Kier alpha value is -4.38. The Labute approximate surface area is 236 Å². The highest BCUT2D eigenvalue weighted by Crippen LogP contribution is 2.47. The summed E-state index contributed by atoms with van der Waals surface area (Å²) in [5.41, 5.74) is 7.93. The number of aromatic nitrogens is 3. The number of ether oxygens (including phenoxy) is 1. The number of likely N-dealkylation sites (N-methyl/N-ethyl adjacent to an activating group) is 1. The highest BCUT2D eigenvalue weighted by Gasteiger charge is 2.33. The largest absolute Gasteiger partial charge is 0.389 e. The van der Waals surface area contributed by atoms with Crippen molar-refractivity contribution in [2.75, 3.05) is 43.1 Å². The number of benzene rings is 2. The predicted molar refractivity (Wildman–Crippen MR) is 152 cm³/mol. The number of hydrogen-bond donors (Lipinski definition) is 2. The van der Waals surface area contributed by atoms with Gasteiger partial charge in [0.05, 0.1) is 30.4 Å². The van der Waals surface area contributed by atoms with Crippen molar-refractivity contribution in [3.05, 3.63) is 52.9 Å². The average molecular weight is 575 g/mol. The highest BCUT2D eigenvalue weighted by molar-refractivity contribution is 7.23. The van der Waals surface area contributed by atoms with Crippen molar-refractivity contribution in [2.24, 2.45) is 0 Å². The summed E-state index contributed by atoms with van der Waals surface area (Å²) in [6.45, 7) is 1.57. The van der Waals surface area contributed by atoms with Crippen LogP contribution in [0.15, 0.2) is 29.1 Å². The number of fused-ring (bicyclic) bond motifs is 4. The van der Waals surface area contributed by atoms with E-state index in [0.29, 0.717) is 51.8 Å². The molecule has 0 bridgehead atoms. The number of nitrogens with zero attached hydrogens (tertiary/aromatic N) is 6. The molecule has 10 nitrogen and oxygen atoms in total. The maximum atomic E-state index is 17.0. The molecule has 5 aromatic rings. The molecule has 7 rings (SSSR count). The monoisotopic (exact) mass is 574 g/mol. The van der Waals surface area contributed by atoms with Gasteiger partial charge in [0.2, 0.25) is 5.95 Å². The SMILES string of the molecule is CN(C)[C@H]1CCN(c2nc(Nc3cnoc3)c3c4c(c(-c5c(F)ccc6sc(N)c(C#N)c56)c(F)c3n2)COC4)C1. The number of thiophene rings is 1. The van der Waals surface area contributed by atoms with E-state index in [1.807, 2.05) is 19.0 Å². The minimum absolute atomic E-state index is 0.0179. The molecule has 0 spiro atoms. The van der Waals surface area contributed by atoms with Crippen LogP contribution in [0.5, 0.6) is 0 Å². The van der Waals surface area contributed by atoms with Crippen molar-refractivity contribution >= 4 is 54.8 Å². The van der Waals surface area contributed by atoms with Crippen LogP contribution in [0.3, 0.4) is 0 Å². The molecule has 0 saturated carbocycles. The smallest absolute Gasteiger partial charge is 0.228 e. The summed E-state index contributed by atoms with van der Waals surface area (Å²) in [7, 11) is 4.04. The fourth-order valence-corrected chi connectivity index (χ4v) is 6.73. The molecule has 0 aliphatic carbocycles. The number of nitrogens with one attached hydrogen (secondary N) is 1. The lowest BCUT2D eigenvalue weighted by Crippen LogP contribution is -2.32. The minimum Gasteiger partial charge on any atom is -0.389 e. The first-order valence-corrected chi connectivity index (χ1v) is 13.8. The maximum absolute atomic E-state index is 17.0. The molecular weight excluding hydrogens is 550 g/mol. The zero-order valence-electron chi connectivity index (χ0n) is 22.2. The summed E-state index contributed by atoms with van der Waals surface area (Å²) in [5.74, 6) is -0.667. The lowest BCUT2D eigenvalue weighted by atomic mass is 9.90. The van der Waals surface area contributed by atoms with Crippen LogP contribution in [-0.4, -0.2) is 53.3 Å². The molecule has 2 aromatic carbocycles. The second-order valence-electron chi connectivity index (χ2n) is 10.4. The molecule has 0 radical (unpaired) electrons. The number of anilines is 4. The van der Waals surface area contributed by atoms with Crippen LogP contribution in [0.1, 0.15) is 23.1 Å². The fraction of sp³-hybridized carbons (Fsp3) is 0.286. The van der Waals surface area contributed by atoms with Crippen LogP contribution in [0.25, 0.3) is 32.1 Å². The summed E-state index contributed by atoms with van der Waals surface area (Å²) in [6.07, 6.45) is 3.82. The van der Waals surface area contributed by atoms with Gasteiger partial charge < -0.3 is 30.1 Å². The highest BCUT2D eigenvalue weighted by atomic mass is 32.1. The third-order valence-corrected chi connectivity index (χ3v) is 8.84. The molecule has 41 heavy (non-hydrogen) atoms. The molecule has 3 N–H and O–H groups in total. The number of hydrogen-bond acceptors (Lipinski definition) is 11. The number of halogens is 2. The minimum atomic E-state index is -0.718. The number of rotatable bonds is 5. The lowest BCUT2D eigenvalue weighted by Gasteiger charge is -2.22. The van der Waals surface area contributed by atoms with Gasteiger partial charge >= 0.3 is 0 Å². The van der Waals surface area contributed by atoms with E-state index in [9.17, 15) is 5.26 Å². The average Bonchev–Trinajstić information content (AvgIpc) is 3.76. The van der Waals surface area contributed by atoms with E-state index >= 15 is 8.78 Å². The maximum Gasteiger partial charge on any atom is 0.228 e. The van der Waals surface area contributed by atoms with Crippen LogP contribution < -0.4 is 16.0 Å². The van der Waals surface area contributed by atoms with Crippen LogP contribution in [-0.2, 0) is 18.0 Å². The van der Waals surface area contributed by atoms with Gasteiger partial charge in [-0.15, -0.1) is 11.3 Å². The molecule has 2 aliphatic heterocycles. The van der Waals surface area contributed by atoms with Crippen LogP contribution in [0, 0.1) is 23.0 Å². The van der Waals surface area contributed by atoms with E-state index in [4.69, 9.17) is 25.0 Å². The van der Waals surface area contributed by atoms with Gasteiger partial charge in [-0.3, -0.25) is 0 Å². The Bertz CT molecular complexity index is 1880. The van der Waals surface area contributed by atoms with Gasteiger partial charge in [-0.25, -0.2) is 13.8 Å². The second-order valence-corrected chi connectivity index (χ2v) is 11.5. The third-order valence-electron chi connectivity index (χ3n) is 7.85. The van der Waals surface area contributed by atoms with Crippen LogP contribution in [0.2, 0.25) is 0 Å². The Morgan fingerprint density at radius 2 is 2.00 bits per heavy atom. The van der Waals surface area contributed by atoms with Gasteiger partial charge in [-0.1, -0.05) is 5.16 Å². The second kappa shape index (κ2) is 9.62. The van der Waals surface area contributed by atoms with Crippen molar-refractivity contribution in [1.82, 2.24) is 20.0 Å². The van der Waals surface area contributed by atoms with Crippen molar-refractivity contribution in [1.29, 1.82) is 5.26 Å².